The van der Waals surface area contributed by atoms with Crippen molar-refractivity contribution in [2.24, 2.45) is 0 Å². The lowest BCUT2D eigenvalue weighted by atomic mass is 9.83. The van der Waals surface area contributed by atoms with Crippen molar-refractivity contribution in [3.05, 3.63) is 77.1 Å². The highest BCUT2D eigenvalue weighted by molar-refractivity contribution is 5.74. The Morgan fingerprint density at radius 3 is 2.62 bits per heavy atom. The number of hydrogen-bond acceptors (Lipinski definition) is 2. The van der Waals surface area contributed by atoms with Crippen molar-refractivity contribution in [3.8, 4) is 0 Å². The Morgan fingerprint density at radius 1 is 1.14 bits per heavy atom. The smallest absolute Gasteiger partial charge is 0.410 e. The van der Waals surface area contributed by atoms with Crippen molar-refractivity contribution in [1.82, 2.24) is 4.90 Å². The summed E-state index contributed by atoms with van der Waals surface area (Å²) in [6, 6.07) is 13.2. The topological polar surface area (TPSA) is 29.5 Å². The summed E-state index contributed by atoms with van der Waals surface area (Å²) >= 11 is 0. The molecule has 29 heavy (non-hydrogen) atoms. The molecule has 0 aromatic heterocycles. The maximum absolute atomic E-state index is 14.0. The Kier molecular flexibility index (Phi) is 5.60. The molecular formula is C23H22F3NO2. The van der Waals surface area contributed by atoms with E-state index in [9.17, 15) is 18.0 Å². The van der Waals surface area contributed by atoms with Gasteiger partial charge in [-0.15, -0.1) is 0 Å². The molecule has 2 aromatic rings. The van der Waals surface area contributed by atoms with E-state index in [1.807, 2.05) is 36.4 Å². The van der Waals surface area contributed by atoms with Gasteiger partial charge in [0.05, 0.1) is 11.6 Å². The monoisotopic (exact) mass is 401 g/mol. The Bertz CT molecular complexity index is 914. The molecule has 0 aliphatic carbocycles. The van der Waals surface area contributed by atoms with Gasteiger partial charge >= 0.3 is 6.09 Å². The first-order chi connectivity index (χ1) is 14.0. The molecule has 1 amide bonds. The predicted octanol–water partition coefficient (Wildman–Crippen LogP) is 6.11. The third-order valence-corrected chi connectivity index (χ3v) is 5.66. The minimum absolute atomic E-state index is 0.0325. The Hall–Kier alpha value is -2.76. The molecule has 0 saturated carbocycles. The number of hydrogen-bond donors (Lipinski definition) is 0. The van der Waals surface area contributed by atoms with Crippen LogP contribution in [0.1, 0.15) is 48.8 Å². The van der Waals surface area contributed by atoms with Crippen LogP contribution in [0.5, 0.6) is 0 Å². The lowest BCUT2D eigenvalue weighted by Gasteiger charge is -2.44. The summed E-state index contributed by atoms with van der Waals surface area (Å²) in [6.45, 7) is 0.215. The highest BCUT2D eigenvalue weighted by Gasteiger charge is 2.38. The van der Waals surface area contributed by atoms with Crippen LogP contribution in [0.15, 0.2) is 54.6 Å². The lowest BCUT2D eigenvalue weighted by Crippen LogP contribution is -2.51. The van der Waals surface area contributed by atoms with Crippen molar-refractivity contribution in [2.75, 3.05) is 0 Å². The summed E-state index contributed by atoms with van der Waals surface area (Å²) in [6.07, 6.45) is 1.97. The second-order valence-electron chi connectivity index (χ2n) is 7.53. The van der Waals surface area contributed by atoms with Crippen molar-refractivity contribution < 1.29 is 22.7 Å². The Labute approximate surface area is 167 Å². The van der Waals surface area contributed by atoms with E-state index < -0.39 is 17.8 Å². The fourth-order valence-corrected chi connectivity index (χ4v) is 4.23. The van der Waals surface area contributed by atoms with Crippen LogP contribution in [0.3, 0.4) is 0 Å². The lowest BCUT2D eigenvalue weighted by molar-refractivity contribution is 0.0510. The summed E-state index contributed by atoms with van der Waals surface area (Å²) in [5.41, 5.74) is 1.83. The molecule has 1 saturated heterocycles. The maximum Gasteiger partial charge on any atom is 0.410 e. The molecule has 2 aliphatic heterocycles. The quantitative estimate of drug-likeness (QED) is 0.619. The van der Waals surface area contributed by atoms with Gasteiger partial charge in [0, 0.05) is 6.04 Å². The van der Waals surface area contributed by atoms with E-state index in [-0.39, 0.29) is 24.8 Å². The molecule has 0 radical (unpaired) electrons. The van der Waals surface area contributed by atoms with Crippen LogP contribution in [0.4, 0.5) is 18.0 Å². The van der Waals surface area contributed by atoms with Crippen LogP contribution in [0.25, 0.3) is 5.57 Å². The third-order valence-electron chi connectivity index (χ3n) is 5.66. The van der Waals surface area contributed by atoms with E-state index >= 15 is 0 Å². The summed E-state index contributed by atoms with van der Waals surface area (Å²) in [5.74, 6) is -0.895. The van der Waals surface area contributed by atoms with Gasteiger partial charge in [-0.25, -0.2) is 18.0 Å². The van der Waals surface area contributed by atoms with E-state index in [1.165, 1.54) is 12.1 Å². The van der Waals surface area contributed by atoms with Gasteiger partial charge < -0.3 is 4.74 Å². The van der Waals surface area contributed by atoms with E-state index in [0.717, 1.165) is 36.5 Å². The molecule has 2 bridgehead atoms. The largest absolute Gasteiger partial charge is 0.445 e. The fraction of sp³-hybridized carbons (Fsp3) is 0.348. The first-order valence-corrected chi connectivity index (χ1v) is 9.80. The van der Waals surface area contributed by atoms with E-state index in [1.54, 1.807) is 4.90 Å². The summed E-state index contributed by atoms with van der Waals surface area (Å²) in [7, 11) is 0. The number of piperidine rings is 1. The molecule has 2 aromatic carbocycles. The zero-order valence-corrected chi connectivity index (χ0v) is 15.9. The van der Waals surface area contributed by atoms with Gasteiger partial charge in [-0.2, -0.15) is 0 Å². The highest BCUT2D eigenvalue weighted by atomic mass is 19.3. The molecule has 0 spiro atoms. The molecule has 152 valence electrons. The van der Waals surface area contributed by atoms with Crippen LogP contribution in [-0.4, -0.2) is 23.1 Å². The average Bonchev–Trinajstić information content (AvgIpc) is 2.71. The molecule has 3 nitrogen and oxygen atoms in total. The van der Waals surface area contributed by atoms with Crippen LogP contribution in [0, 0.1) is 5.82 Å². The first-order valence-electron chi connectivity index (χ1n) is 9.80. The molecule has 2 atom stereocenters. The third kappa shape index (κ3) is 4.16. The van der Waals surface area contributed by atoms with Gasteiger partial charge in [0.25, 0.3) is 6.43 Å². The van der Waals surface area contributed by atoms with E-state index in [0.29, 0.717) is 12.0 Å². The number of rotatable bonds is 4. The minimum Gasteiger partial charge on any atom is -0.445 e. The number of fused-ring (bicyclic) bond motifs is 2. The molecule has 0 N–H and O–H groups in total. The Morgan fingerprint density at radius 2 is 1.93 bits per heavy atom. The number of carbonyl (C=O) groups is 1. The summed E-state index contributed by atoms with van der Waals surface area (Å²) in [4.78, 5) is 14.5. The molecule has 6 heteroatoms. The van der Waals surface area contributed by atoms with Gasteiger partial charge in [-0.3, -0.25) is 4.90 Å². The second-order valence-corrected chi connectivity index (χ2v) is 7.53. The van der Waals surface area contributed by atoms with Crippen molar-refractivity contribution in [1.29, 1.82) is 0 Å². The number of amides is 1. The molecular weight excluding hydrogens is 379 g/mol. The van der Waals surface area contributed by atoms with Gasteiger partial charge in [-0.1, -0.05) is 42.5 Å². The van der Waals surface area contributed by atoms with Gasteiger partial charge in [0.2, 0.25) is 0 Å². The number of ether oxygens (including phenoxy) is 1. The first kappa shape index (κ1) is 19.6. The molecule has 1 fully saturated rings. The molecule has 2 heterocycles. The van der Waals surface area contributed by atoms with Crippen LogP contribution >= 0.6 is 0 Å². The van der Waals surface area contributed by atoms with Gasteiger partial charge in [0.15, 0.2) is 0 Å². The number of nitrogens with zero attached hydrogens (tertiary/aromatic N) is 1. The van der Waals surface area contributed by atoms with Crippen LogP contribution in [0.2, 0.25) is 0 Å². The fourth-order valence-electron chi connectivity index (χ4n) is 4.23. The van der Waals surface area contributed by atoms with E-state index in [4.69, 9.17) is 4.74 Å². The standard InChI is InChI=1S/C23H22F3NO2/c24-21-13-16(9-10-20(21)22(25)26)17-11-18-7-4-8-19(12-17)27(18)23(28)29-14-15-5-2-1-3-6-15/h1-3,5-6,9-11,13,18-19,22H,4,7-8,12,14H2. The normalized spacial score (nSPS) is 21.1. The molecule has 2 unspecified atom stereocenters. The average molecular weight is 401 g/mol. The number of carbonyl (C=O) groups excluding carboxylic acids is 1. The summed E-state index contributed by atoms with van der Waals surface area (Å²) in [5, 5.41) is 0. The van der Waals surface area contributed by atoms with Crippen molar-refractivity contribution in [2.45, 2.75) is 50.8 Å². The van der Waals surface area contributed by atoms with Crippen LogP contribution in [-0.2, 0) is 11.3 Å². The van der Waals surface area contributed by atoms with Gasteiger partial charge in [0.1, 0.15) is 12.4 Å². The highest BCUT2D eigenvalue weighted by Crippen LogP contribution is 2.38. The molecule has 2 aliphatic rings. The minimum atomic E-state index is -2.83. The second kappa shape index (κ2) is 8.31. The molecule has 4 rings (SSSR count). The predicted molar refractivity (Wildman–Crippen MR) is 104 cm³/mol. The van der Waals surface area contributed by atoms with E-state index in [2.05, 4.69) is 0 Å². The number of halogens is 3. The van der Waals surface area contributed by atoms with Crippen LogP contribution < -0.4 is 0 Å². The van der Waals surface area contributed by atoms with Gasteiger partial charge in [-0.05, 0) is 54.5 Å². The zero-order chi connectivity index (χ0) is 20.4. The number of alkyl halides is 2. The van der Waals surface area contributed by atoms with Crippen molar-refractivity contribution in [3.63, 3.8) is 0 Å². The SMILES string of the molecule is O=C(OCc1ccccc1)N1C2C=C(c3ccc(C(F)F)c(F)c3)CC1CCC2. The maximum atomic E-state index is 14.0. The Balaban J connectivity index is 1.51. The number of benzene rings is 2. The van der Waals surface area contributed by atoms with Crippen molar-refractivity contribution >= 4 is 11.7 Å². The summed E-state index contributed by atoms with van der Waals surface area (Å²) < 4.78 is 45.2. The zero-order valence-electron chi connectivity index (χ0n) is 15.9.